The van der Waals surface area contributed by atoms with Crippen molar-refractivity contribution < 1.29 is 9.53 Å². The van der Waals surface area contributed by atoms with Gasteiger partial charge >= 0.3 is 0 Å². The van der Waals surface area contributed by atoms with Gasteiger partial charge in [-0.1, -0.05) is 30.7 Å². The van der Waals surface area contributed by atoms with Crippen LogP contribution in [0.4, 0.5) is 0 Å². The van der Waals surface area contributed by atoms with Crippen molar-refractivity contribution in [2.24, 2.45) is 5.92 Å². The number of hydrogen-bond acceptors (Lipinski definition) is 2. The zero-order chi connectivity index (χ0) is 10.6. The normalized spacial score (nSPS) is 22.2. The van der Waals surface area contributed by atoms with E-state index >= 15 is 0 Å². The number of ether oxygens (including phenoxy) is 1. The van der Waals surface area contributed by atoms with E-state index in [0.717, 1.165) is 6.42 Å². The Balaban J connectivity index is 2.67. The van der Waals surface area contributed by atoms with Crippen LogP contribution < -0.4 is 0 Å². The summed E-state index contributed by atoms with van der Waals surface area (Å²) in [6.07, 6.45) is 7.27. The second kappa shape index (κ2) is 5.11. The molecule has 78 valence electrons. The molecule has 0 aromatic heterocycles. The van der Waals surface area contributed by atoms with Gasteiger partial charge in [0.1, 0.15) is 6.10 Å². The third-order valence-electron chi connectivity index (χ3n) is 2.60. The maximum atomic E-state index is 11.7. The quantitative estimate of drug-likeness (QED) is 0.672. The van der Waals surface area contributed by atoms with Gasteiger partial charge in [-0.2, -0.15) is 0 Å². The van der Waals surface area contributed by atoms with E-state index < -0.39 is 0 Å². The predicted molar refractivity (Wildman–Crippen MR) is 57.1 cm³/mol. The van der Waals surface area contributed by atoms with E-state index in [-0.39, 0.29) is 17.8 Å². The first-order chi connectivity index (χ1) is 6.70. The lowest BCUT2D eigenvalue weighted by atomic mass is 9.93. The van der Waals surface area contributed by atoms with Crippen molar-refractivity contribution in [3.05, 3.63) is 23.8 Å². The fourth-order valence-corrected chi connectivity index (χ4v) is 1.80. The fraction of sp³-hybridized carbons (Fsp3) is 0.583. The molecule has 2 unspecified atom stereocenters. The van der Waals surface area contributed by atoms with E-state index in [1.807, 2.05) is 32.1 Å². The summed E-state index contributed by atoms with van der Waals surface area (Å²) < 4.78 is 5.28. The molecule has 0 heterocycles. The highest BCUT2D eigenvalue weighted by Gasteiger charge is 2.27. The molecule has 1 aliphatic carbocycles. The lowest BCUT2D eigenvalue weighted by molar-refractivity contribution is -0.130. The molecule has 0 amide bonds. The maximum absolute atomic E-state index is 11.7. The molecule has 0 bridgehead atoms. The van der Waals surface area contributed by atoms with E-state index in [0.29, 0.717) is 6.42 Å². The molecule has 0 saturated heterocycles. The third-order valence-corrected chi connectivity index (χ3v) is 2.60. The van der Waals surface area contributed by atoms with E-state index in [9.17, 15) is 4.79 Å². The van der Waals surface area contributed by atoms with Crippen LogP contribution >= 0.6 is 0 Å². The van der Waals surface area contributed by atoms with Crippen molar-refractivity contribution in [1.82, 2.24) is 0 Å². The summed E-state index contributed by atoms with van der Waals surface area (Å²) in [7, 11) is 1.61. The third kappa shape index (κ3) is 2.32. The first kappa shape index (κ1) is 11.2. The van der Waals surface area contributed by atoms with Crippen molar-refractivity contribution in [1.29, 1.82) is 0 Å². The first-order valence-corrected chi connectivity index (χ1v) is 5.11. The molecule has 0 aliphatic heterocycles. The SMILES string of the molecule is CCCC(=O)C(OC)C1C=CC=C1C. The number of hydrogen-bond donors (Lipinski definition) is 0. The molecular weight excluding hydrogens is 176 g/mol. The van der Waals surface area contributed by atoms with E-state index in [2.05, 4.69) is 0 Å². The van der Waals surface area contributed by atoms with Crippen molar-refractivity contribution in [3.8, 4) is 0 Å². The Morgan fingerprint density at radius 1 is 1.64 bits per heavy atom. The van der Waals surface area contributed by atoms with Gasteiger partial charge in [0.25, 0.3) is 0 Å². The second-order valence-corrected chi connectivity index (χ2v) is 3.69. The number of allylic oxidation sites excluding steroid dienone is 2. The van der Waals surface area contributed by atoms with Gasteiger partial charge in [0.05, 0.1) is 0 Å². The van der Waals surface area contributed by atoms with E-state index in [4.69, 9.17) is 4.74 Å². The van der Waals surface area contributed by atoms with Crippen LogP contribution in [0.3, 0.4) is 0 Å². The fourth-order valence-electron chi connectivity index (χ4n) is 1.80. The van der Waals surface area contributed by atoms with Gasteiger partial charge in [0.2, 0.25) is 0 Å². The van der Waals surface area contributed by atoms with Crippen LogP contribution in [0, 0.1) is 5.92 Å². The summed E-state index contributed by atoms with van der Waals surface area (Å²) in [6.45, 7) is 4.05. The monoisotopic (exact) mass is 194 g/mol. The van der Waals surface area contributed by atoms with Crippen LogP contribution in [-0.4, -0.2) is 19.0 Å². The minimum absolute atomic E-state index is 0.152. The van der Waals surface area contributed by atoms with E-state index in [1.54, 1.807) is 7.11 Å². The Kier molecular flexibility index (Phi) is 4.08. The van der Waals surface area contributed by atoms with Gasteiger partial charge < -0.3 is 4.74 Å². The number of Topliss-reactive ketones (excluding diaryl/α,β-unsaturated/α-hetero) is 1. The molecule has 0 N–H and O–H groups in total. The molecule has 0 fully saturated rings. The Morgan fingerprint density at radius 2 is 2.36 bits per heavy atom. The van der Waals surface area contributed by atoms with Gasteiger partial charge in [0, 0.05) is 19.4 Å². The van der Waals surface area contributed by atoms with Crippen molar-refractivity contribution in [2.75, 3.05) is 7.11 Å². The summed E-state index contributed by atoms with van der Waals surface area (Å²) in [5.41, 5.74) is 1.21. The largest absolute Gasteiger partial charge is 0.373 e. The topological polar surface area (TPSA) is 26.3 Å². The maximum Gasteiger partial charge on any atom is 0.162 e. The Hall–Kier alpha value is -0.890. The number of carbonyl (C=O) groups excluding carboxylic acids is 1. The van der Waals surface area contributed by atoms with Crippen LogP contribution in [0.5, 0.6) is 0 Å². The Bertz CT molecular complexity index is 263. The lowest BCUT2D eigenvalue weighted by Crippen LogP contribution is -2.30. The van der Waals surface area contributed by atoms with Crippen LogP contribution in [-0.2, 0) is 9.53 Å². The molecule has 2 atom stereocenters. The average molecular weight is 194 g/mol. The second-order valence-electron chi connectivity index (χ2n) is 3.69. The number of ketones is 1. The number of rotatable bonds is 5. The minimum Gasteiger partial charge on any atom is -0.373 e. The zero-order valence-electron chi connectivity index (χ0n) is 9.12. The van der Waals surface area contributed by atoms with Gasteiger partial charge in [-0.05, 0) is 13.3 Å². The first-order valence-electron chi connectivity index (χ1n) is 5.11. The van der Waals surface area contributed by atoms with Crippen LogP contribution in [0.25, 0.3) is 0 Å². The summed E-state index contributed by atoms with van der Waals surface area (Å²) in [5, 5.41) is 0. The highest BCUT2D eigenvalue weighted by atomic mass is 16.5. The summed E-state index contributed by atoms with van der Waals surface area (Å²) >= 11 is 0. The zero-order valence-corrected chi connectivity index (χ0v) is 9.12. The molecule has 1 aliphatic rings. The molecule has 0 aromatic carbocycles. The Labute approximate surface area is 85.6 Å². The minimum atomic E-state index is -0.287. The van der Waals surface area contributed by atoms with Crippen LogP contribution in [0.15, 0.2) is 23.8 Å². The standard InChI is InChI=1S/C12H18O2/c1-4-6-11(13)12(14-3)10-8-5-7-9(10)2/h5,7-8,10,12H,4,6H2,1-3H3. The highest BCUT2D eigenvalue weighted by Crippen LogP contribution is 2.25. The summed E-state index contributed by atoms with van der Waals surface area (Å²) in [6, 6.07) is 0. The summed E-state index contributed by atoms with van der Waals surface area (Å²) in [5.74, 6) is 0.360. The molecule has 2 nitrogen and oxygen atoms in total. The highest BCUT2D eigenvalue weighted by molar-refractivity contribution is 5.84. The van der Waals surface area contributed by atoms with Crippen molar-refractivity contribution in [3.63, 3.8) is 0 Å². The lowest BCUT2D eigenvalue weighted by Gasteiger charge is -2.20. The van der Waals surface area contributed by atoms with E-state index in [1.165, 1.54) is 5.57 Å². The number of methoxy groups -OCH3 is 1. The summed E-state index contributed by atoms with van der Waals surface area (Å²) in [4.78, 5) is 11.7. The molecular formula is C12H18O2. The molecule has 0 radical (unpaired) electrons. The average Bonchev–Trinajstić information content (AvgIpc) is 2.54. The van der Waals surface area contributed by atoms with Gasteiger partial charge in [0.15, 0.2) is 5.78 Å². The van der Waals surface area contributed by atoms with Gasteiger partial charge in [-0.3, -0.25) is 4.79 Å². The molecule has 14 heavy (non-hydrogen) atoms. The molecule has 0 spiro atoms. The van der Waals surface area contributed by atoms with Gasteiger partial charge in [-0.15, -0.1) is 0 Å². The van der Waals surface area contributed by atoms with Crippen molar-refractivity contribution in [2.45, 2.75) is 32.8 Å². The number of carbonyl (C=O) groups is 1. The van der Waals surface area contributed by atoms with Gasteiger partial charge in [-0.25, -0.2) is 0 Å². The Morgan fingerprint density at radius 3 is 2.79 bits per heavy atom. The van der Waals surface area contributed by atoms with Crippen LogP contribution in [0.1, 0.15) is 26.7 Å². The molecule has 1 rings (SSSR count). The molecule has 0 aromatic rings. The molecule has 2 heteroatoms. The predicted octanol–water partition coefficient (Wildman–Crippen LogP) is 2.50. The van der Waals surface area contributed by atoms with Crippen LogP contribution in [0.2, 0.25) is 0 Å². The van der Waals surface area contributed by atoms with Crippen molar-refractivity contribution >= 4 is 5.78 Å². The smallest absolute Gasteiger partial charge is 0.162 e. The molecule has 0 saturated carbocycles.